The van der Waals surface area contributed by atoms with Crippen LogP contribution in [0.1, 0.15) is 38.1 Å². The molecule has 1 aromatic carbocycles. The third kappa shape index (κ3) is 2.74. The van der Waals surface area contributed by atoms with Crippen molar-refractivity contribution in [2.24, 2.45) is 5.41 Å². The number of halogens is 2. The van der Waals surface area contributed by atoms with Crippen LogP contribution >= 0.6 is 27.5 Å². The predicted octanol–water partition coefficient (Wildman–Crippen LogP) is 5.17. The minimum absolute atomic E-state index is 0.0839. The van der Waals surface area contributed by atoms with Crippen LogP contribution in [-0.4, -0.2) is 0 Å². The van der Waals surface area contributed by atoms with Crippen LogP contribution in [0.4, 0.5) is 0 Å². The summed E-state index contributed by atoms with van der Waals surface area (Å²) in [6.07, 6.45) is 1.08. The molecule has 14 heavy (non-hydrogen) atoms. The zero-order chi connectivity index (χ0) is 10.8. The molecule has 0 saturated carbocycles. The van der Waals surface area contributed by atoms with E-state index in [9.17, 15) is 0 Å². The van der Waals surface area contributed by atoms with Gasteiger partial charge in [-0.3, -0.25) is 0 Å². The lowest BCUT2D eigenvalue weighted by Crippen LogP contribution is -2.16. The summed E-state index contributed by atoms with van der Waals surface area (Å²) in [7, 11) is 0. The van der Waals surface area contributed by atoms with Gasteiger partial charge in [-0.15, -0.1) is 11.6 Å². The van der Waals surface area contributed by atoms with E-state index in [0.29, 0.717) is 0 Å². The minimum Gasteiger partial charge on any atom is -0.117 e. The first kappa shape index (κ1) is 12.1. The van der Waals surface area contributed by atoms with Crippen molar-refractivity contribution < 1.29 is 0 Å². The van der Waals surface area contributed by atoms with Crippen LogP contribution in [0.25, 0.3) is 0 Å². The summed E-state index contributed by atoms with van der Waals surface area (Å²) in [6.45, 7) is 6.58. The average Bonchev–Trinajstić information content (AvgIpc) is 2.18. The number of benzene rings is 1. The van der Waals surface area contributed by atoms with Crippen molar-refractivity contribution in [2.75, 3.05) is 0 Å². The van der Waals surface area contributed by atoms with E-state index in [1.807, 2.05) is 12.1 Å². The summed E-state index contributed by atoms with van der Waals surface area (Å²) in [5.41, 5.74) is 1.34. The van der Waals surface area contributed by atoms with Crippen LogP contribution in [0, 0.1) is 5.41 Å². The van der Waals surface area contributed by atoms with E-state index in [1.54, 1.807) is 0 Å². The van der Waals surface area contributed by atoms with Crippen molar-refractivity contribution in [1.29, 1.82) is 0 Å². The predicted molar refractivity (Wildman–Crippen MR) is 66.8 cm³/mol. The van der Waals surface area contributed by atoms with Crippen molar-refractivity contribution in [2.45, 2.75) is 32.6 Å². The second kappa shape index (κ2) is 4.67. The molecule has 0 nitrogen and oxygen atoms in total. The van der Waals surface area contributed by atoms with Crippen molar-refractivity contribution in [3.8, 4) is 0 Å². The van der Waals surface area contributed by atoms with Crippen LogP contribution < -0.4 is 0 Å². The Labute approximate surface area is 99.8 Å². The van der Waals surface area contributed by atoms with E-state index in [0.717, 1.165) is 10.9 Å². The molecular weight excluding hydrogens is 259 g/mol. The molecule has 0 amide bonds. The zero-order valence-corrected chi connectivity index (χ0v) is 11.2. The molecule has 0 aliphatic heterocycles. The molecule has 0 aliphatic carbocycles. The topological polar surface area (TPSA) is 0 Å². The van der Waals surface area contributed by atoms with Gasteiger partial charge in [-0.2, -0.15) is 0 Å². The third-order valence-corrected chi connectivity index (χ3v) is 4.13. The van der Waals surface area contributed by atoms with Crippen LogP contribution in [0.5, 0.6) is 0 Å². The van der Waals surface area contributed by atoms with E-state index in [-0.39, 0.29) is 10.8 Å². The molecule has 0 heterocycles. The number of hydrogen-bond donors (Lipinski definition) is 0. The fourth-order valence-corrected chi connectivity index (χ4v) is 1.83. The Morgan fingerprint density at radius 1 is 1.29 bits per heavy atom. The molecule has 1 unspecified atom stereocenters. The third-order valence-electron chi connectivity index (χ3n) is 2.76. The van der Waals surface area contributed by atoms with Crippen molar-refractivity contribution in [3.05, 3.63) is 34.3 Å². The van der Waals surface area contributed by atoms with Gasteiger partial charge in [0.05, 0.1) is 5.38 Å². The maximum Gasteiger partial charge on any atom is 0.0636 e. The molecule has 0 saturated heterocycles. The first-order chi connectivity index (χ1) is 6.47. The maximum atomic E-state index is 6.44. The summed E-state index contributed by atoms with van der Waals surface area (Å²) < 4.78 is 1.10. The van der Waals surface area contributed by atoms with Gasteiger partial charge in [-0.1, -0.05) is 48.8 Å². The normalized spacial score (nSPS) is 14.1. The monoisotopic (exact) mass is 274 g/mol. The lowest BCUT2D eigenvalue weighted by molar-refractivity contribution is 0.336. The Bertz CT molecular complexity index is 290. The highest BCUT2D eigenvalue weighted by Crippen LogP contribution is 2.41. The molecule has 0 radical (unpaired) electrons. The van der Waals surface area contributed by atoms with Gasteiger partial charge in [0.2, 0.25) is 0 Å². The van der Waals surface area contributed by atoms with Gasteiger partial charge in [-0.05, 0) is 29.5 Å². The molecule has 2 heteroatoms. The maximum absolute atomic E-state index is 6.44. The quantitative estimate of drug-likeness (QED) is 0.668. The Morgan fingerprint density at radius 2 is 1.79 bits per heavy atom. The van der Waals surface area contributed by atoms with Gasteiger partial charge < -0.3 is 0 Å². The Morgan fingerprint density at radius 3 is 2.21 bits per heavy atom. The van der Waals surface area contributed by atoms with Crippen molar-refractivity contribution in [3.63, 3.8) is 0 Å². The molecule has 78 valence electrons. The van der Waals surface area contributed by atoms with Gasteiger partial charge in [-0.25, -0.2) is 0 Å². The first-order valence-electron chi connectivity index (χ1n) is 4.87. The molecule has 0 N–H and O–H groups in total. The highest BCUT2D eigenvalue weighted by atomic mass is 79.9. The SMILES string of the molecule is CCC(C)(C)C(Cl)c1ccc(Br)cc1. The van der Waals surface area contributed by atoms with Gasteiger partial charge in [0, 0.05) is 4.47 Å². The first-order valence-corrected chi connectivity index (χ1v) is 6.10. The standard InChI is InChI=1S/C12H16BrCl/c1-4-12(2,3)11(14)9-5-7-10(13)8-6-9/h5-8,11H,4H2,1-3H3. The van der Waals surface area contributed by atoms with E-state index < -0.39 is 0 Å². The lowest BCUT2D eigenvalue weighted by atomic mass is 9.83. The molecule has 1 rings (SSSR count). The molecule has 0 fully saturated rings. The molecule has 0 bridgehead atoms. The smallest absolute Gasteiger partial charge is 0.0636 e. The Balaban J connectivity index is 2.89. The van der Waals surface area contributed by atoms with Crippen molar-refractivity contribution >= 4 is 27.5 Å². The second-order valence-electron chi connectivity index (χ2n) is 4.26. The fourth-order valence-electron chi connectivity index (χ4n) is 1.26. The number of rotatable bonds is 3. The summed E-state index contributed by atoms with van der Waals surface area (Å²) in [6, 6.07) is 8.24. The van der Waals surface area contributed by atoms with Gasteiger partial charge in [0.25, 0.3) is 0 Å². The van der Waals surface area contributed by atoms with E-state index in [4.69, 9.17) is 11.6 Å². The Kier molecular flexibility index (Phi) is 4.03. The molecule has 0 spiro atoms. The van der Waals surface area contributed by atoms with Crippen LogP contribution in [0.2, 0.25) is 0 Å². The van der Waals surface area contributed by atoms with Crippen molar-refractivity contribution in [1.82, 2.24) is 0 Å². The molecule has 1 atom stereocenters. The lowest BCUT2D eigenvalue weighted by Gasteiger charge is -2.29. The summed E-state index contributed by atoms with van der Waals surface area (Å²) >= 11 is 9.85. The Hall–Kier alpha value is -0.0100. The fraction of sp³-hybridized carbons (Fsp3) is 0.500. The van der Waals surface area contributed by atoms with E-state index in [1.165, 1.54) is 5.56 Å². The van der Waals surface area contributed by atoms with Crippen LogP contribution in [-0.2, 0) is 0 Å². The van der Waals surface area contributed by atoms with Crippen LogP contribution in [0.15, 0.2) is 28.7 Å². The van der Waals surface area contributed by atoms with E-state index in [2.05, 4.69) is 48.8 Å². The highest BCUT2D eigenvalue weighted by Gasteiger charge is 2.26. The summed E-state index contributed by atoms with van der Waals surface area (Å²) in [5.74, 6) is 0. The molecule has 0 aliphatic rings. The molecule has 0 aromatic heterocycles. The van der Waals surface area contributed by atoms with Gasteiger partial charge in [0.15, 0.2) is 0 Å². The number of hydrogen-bond acceptors (Lipinski definition) is 0. The van der Waals surface area contributed by atoms with E-state index >= 15 is 0 Å². The second-order valence-corrected chi connectivity index (χ2v) is 5.61. The summed E-state index contributed by atoms with van der Waals surface area (Å²) in [5, 5.41) is 0.0839. The zero-order valence-electron chi connectivity index (χ0n) is 8.85. The highest BCUT2D eigenvalue weighted by molar-refractivity contribution is 9.10. The van der Waals surface area contributed by atoms with Gasteiger partial charge in [0.1, 0.15) is 0 Å². The molecule has 1 aromatic rings. The summed E-state index contributed by atoms with van der Waals surface area (Å²) in [4.78, 5) is 0. The van der Waals surface area contributed by atoms with Crippen LogP contribution in [0.3, 0.4) is 0 Å². The minimum atomic E-state index is 0.0839. The largest absolute Gasteiger partial charge is 0.117 e. The van der Waals surface area contributed by atoms with Gasteiger partial charge >= 0.3 is 0 Å². The average molecular weight is 276 g/mol. The molecular formula is C12H16BrCl. The number of alkyl halides is 1.